The molecule has 2 aromatic rings. The molecule has 222 valence electrons. The maximum absolute atomic E-state index is 14.2. The van der Waals surface area contributed by atoms with Gasteiger partial charge >= 0.3 is 6.03 Å². The first-order chi connectivity index (χ1) is 19.9. The van der Waals surface area contributed by atoms with Gasteiger partial charge in [0.1, 0.15) is 0 Å². The highest BCUT2D eigenvalue weighted by molar-refractivity contribution is 5.78. The normalized spacial score (nSPS) is 28.4. The molecule has 41 heavy (non-hydrogen) atoms. The Kier molecular flexibility index (Phi) is 8.47. The molecule has 1 spiro atoms. The quantitative estimate of drug-likeness (QED) is 0.302. The zero-order valence-corrected chi connectivity index (χ0v) is 25.5. The number of rotatable bonds is 10. The molecule has 0 unspecified atom stereocenters. The van der Waals surface area contributed by atoms with Crippen molar-refractivity contribution in [1.82, 2.24) is 14.7 Å². The van der Waals surface area contributed by atoms with Gasteiger partial charge in [0.05, 0.1) is 17.7 Å². The average molecular weight is 558 g/mol. The molecular weight excluding hydrogens is 506 g/mol. The van der Waals surface area contributed by atoms with Crippen molar-refractivity contribution in [2.45, 2.75) is 107 Å². The molecule has 0 aromatic heterocycles. The Labute approximate surface area is 248 Å². The molecule has 6 rings (SSSR count). The topological polar surface area (TPSA) is 36.0 Å². The van der Waals surface area contributed by atoms with Crippen molar-refractivity contribution in [3.63, 3.8) is 0 Å². The fraction of sp³-hybridized carbons (Fsp3) is 0.639. The minimum absolute atomic E-state index is 0.0361. The Bertz CT molecular complexity index is 1130. The molecule has 5 heteroatoms. The van der Waals surface area contributed by atoms with E-state index in [2.05, 4.69) is 89.5 Å². The summed E-state index contributed by atoms with van der Waals surface area (Å²) in [5, 5.41) is 0. The van der Waals surface area contributed by atoms with Crippen molar-refractivity contribution in [3.8, 4) is 0 Å². The number of nitrogens with zero attached hydrogens (tertiary/aromatic N) is 3. The first-order valence-corrected chi connectivity index (χ1v) is 16.4. The largest absolute Gasteiger partial charge is 0.370 e. The summed E-state index contributed by atoms with van der Waals surface area (Å²) in [6.07, 6.45) is 15.1. The number of hydrogen-bond acceptors (Lipinski definition) is 3. The van der Waals surface area contributed by atoms with E-state index in [-0.39, 0.29) is 16.7 Å². The Morgan fingerprint density at radius 3 is 2.10 bits per heavy atom. The third-order valence-corrected chi connectivity index (χ3v) is 11.4. The zero-order chi connectivity index (χ0) is 28.3. The lowest BCUT2D eigenvalue weighted by Crippen LogP contribution is -2.56. The number of benzene rings is 2. The van der Waals surface area contributed by atoms with Crippen molar-refractivity contribution in [3.05, 3.63) is 71.8 Å². The van der Waals surface area contributed by atoms with E-state index in [1.54, 1.807) is 0 Å². The van der Waals surface area contributed by atoms with Gasteiger partial charge < -0.3 is 14.5 Å². The Hall–Kier alpha value is -2.37. The van der Waals surface area contributed by atoms with Crippen LogP contribution < -0.4 is 0 Å². The summed E-state index contributed by atoms with van der Waals surface area (Å²) in [5.74, 6) is 0.685. The van der Waals surface area contributed by atoms with Crippen LogP contribution in [0.1, 0.15) is 94.6 Å². The Morgan fingerprint density at radius 1 is 0.829 bits per heavy atom. The Morgan fingerprint density at radius 2 is 1.49 bits per heavy atom. The van der Waals surface area contributed by atoms with Crippen LogP contribution in [0.25, 0.3) is 0 Å². The number of amides is 2. The van der Waals surface area contributed by atoms with Crippen LogP contribution in [0.5, 0.6) is 0 Å². The van der Waals surface area contributed by atoms with E-state index in [1.807, 2.05) is 0 Å². The predicted octanol–water partition coefficient (Wildman–Crippen LogP) is 7.60. The monoisotopic (exact) mass is 557 g/mol. The minimum Gasteiger partial charge on any atom is -0.370 e. The highest BCUT2D eigenvalue weighted by Gasteiger charge is 2.55. The number of ether oxygens (including phenoxy) is 1. The lowest BCUT2D eigenvalue weighted by Gasteiger charge is -2.51. The van der Waals surface area contributed by atoms with Gasteiger partial charge in [0, 0.05) is 25.2 Å². The second-order valence-electron chi connectivity index (χ2n) is 13.9. The highest BCUT2D eigenvalue weighted by atomic mass is 16.5. The molecule has 3 aliphatic carbocycles. The molecule has 2 aromatic carbocycles. The molecule has 0 bridgehead atoms. The van der Waals surface area contributed by atoms with Gasteiger partial charge in [-0.3, -0.25) is 4.90 Å². The van der Waals surface area contributed by atoms with Crippen LogP contribution in [0, 0.1) is 5.92 Å². The van der Waals surface area contributed by atoms with E-state index in [0.717, 1.165) is 64.6 Å². The molecule has 2 amide bonds. The van der Waals surface area contributed by atoms with Crippen molar-refractivity contribution in [2.24, 2.45) is 5.92 Å². The first-order valence-electron chi connectivity index (χ1n) is 16.4. The molecular formula is C36H51N3O2. The number of carbonyl (C=O) groups excluding carboxylic acids is 1. The molecule has 3 saturated carbocycles. The highest BCUT2D eigenvalue weighted by Crippen LogP contribution is 2.50. The van der Waals surface area contributed by atoms with Gasteiger partial charge in [-0.05, 0) is 88.9 Å². The summed E-state index contributed by atoms with van der Waals surface area (Å²) in [5.41, 5.74) is 2.56. The number of hydrogen-bond donors (Lipinski definition) is 0. The maximum Gasteiger partial charge on any atom is 0.320 e. The van der Waals surface area contributed by atoms with Crippen LogP contribution in [0.15, 0.2) is 60.7 Å². The van der Waals surface area contributed by atoms with Gasteiger partial charge in [-0.1, -0.05) is 86.3 Å². The predicted molar refractivity (Wildman–Crippen MR) is 166 cm³/mol. The fourth-order valence-corrected chi connectivity index (χ4v) is 8.37. The SMILES string of the molecule is CN(C)C1(c2ccccc2)CCC2(CC1)CN(CCC1(OCc3ccccc3)CCCCC1)C(=O)N2CC1CCC1. The molecule has 5 nitrogen and oxygen atoms in total. The van der Waals surface area contributed by atoms with Crippen molar-refractivity contribution in [1.29, 1.82) is 0 Å². The maximum atomic E-state index is 14.2. The molecule has 1 aliphatic heterocycles. The standard InChI is InChI=1S/C36H51N3O2/c1-37(2)36(32-17-8-4-9-18-32)23-21-34(22-24-36)29-38(33(40)39(34)27-30-15-12-16-30)26-25-35(19-10-5-11-20-35)41-28-31-13-6-3-7-14-31/h3-4,6-9,13-14,17-18,30H,5,10-12,15-16,19-29H2,1-2H3. The molecule has 4 aliphatic rings. The van der Waals surface area contributed by atoms with Crippen LogP contribution in [-0.2, 0) is 16.9 Å². The first kappa shape index (κ1) is 28.7. The lowest BCUT2D eigenvalue weighted by molar-refractivity contribution is -0.0880. The number of urea groups is 1. The van der Waals surface area contributed by atoms with E-state index >= 15 is 0 Å². The summed E-state index contributed by atoms with van der Waals surface area (Å²) in [6.45, 7) is 3.31. The van der Waals surface area contributed by atoms with Crippen molar-refractivity contribution < 1.29 is 9.53 Å². The molecule has 1 heterocycles. The van der Waals surface area contributed by atoms with E-state index in [1.165, 1.54) is 49.7 Å². The van der Waals surface area contributed by atoms with Crippen molar-refractivity contribution >= 4 is 6.03 Å². The lowest BCUT2D eigenvalue weighted by atomic mass is 9.68. The van der Waals surface area contributed by atoms with E-state index in [0.29, 0.717) is 18.6 Å². The molecule has 4 fully saturated rings. The summed E-state index contributed by atoms with van der Waals surface area (Å²) in [4.78, 5) is 21.2. The van der Waals surface area contributed by atoms with Gasteiger partial charge in [0.15, 0.2) is 0 Å². The molecule has 1 saturated heterocycles. The third kappa shape index (κ3) is 5.82. The van der Waals surface area contributed by atoms with Crippen LogP contribution in [0.3, 0.4) is 0 Å². The van der Waals surface area contributed by atoms with Crippen molar-refractivity contribution in [2.75, 3.05) is 33.7 Å². The fourth-order valence-electron chi connectivity index (χ4n) is 8.37. The van der Waals surface area contributed by atoms with Crippen LogP contribution in [-0.4, -0.2) is 65.6 Å². The van der Waals surface area contributed by atoms with Crippen LogP contribution in [0.4, 0.5) is 4.79 Å². The summed E-state index contributed by atoms with van der Waals surface area (Å²) >= 11 is 0. The third-order valence-electron chi connectivity index (χ3n) is 11.4. The van der Waals surface area contributed by atoms with E-state index in [4.69, 9.17) is 4.74 Å². The van der Waals surface area contributed by atoms with Crippen LogP contribution in [0.2, 0.25) is 0 Å². The van der Waals surface area contributed by atoms with Gasteiger partial charge in [-0.15, -0.1) is 0 Å². The Balaban J connectivity index is 1.18. The average Bonchev–Trinajstić information content (AvgIpc) is 3.24. The van der Waals surface area contributed by atoms with Crippen LogP contribution >= 0.6 is 0 Å². The summed E-state index contributed by atoms with van der Waals surface area (Å²) < 4.78 is 6.75. The zero-order valence-electron chi connectivity index (χ0n) is 25.5. The van der Waals surface area contributed by atoms with Gasteiger partial charge in [0.2, 0.25) is 0 Å². The van der Waals surface area contributed by atoms with Gasteiger partial charge in [-0.2, -0.15) is 0 Å². The second kappa shape index (κ2) is 12.1. The molecule has 0 N–H and O–H groups in total. The molecule has 0 radical (unpaired) electrons. The van der Waals surface area contributed by atoms with Gasteiger partial charge in [-0.25, -0.2) is 4.79 Å². The van der Waals surface area contributed by atoms with E-state index in [9.17, 15) is 4.79 Å². The smallest absolute Gasteiger partial charge is 0.320 e. The van der Waals surface area contributed by atoms with Gasteiger partial charge in [0.25, 0.3) is 0 Å². The summed E-state index contributed by atoms with van der Waals surface area (Å²) in [6, 6.07) is 21.9. The number of carbonyl (C=O) groups is 1. The summed E-state index contributed by atoms with van der Waals surface area (Å²) in [7, 11) is 4.48. The van der Waals surface area contributed by atoms with E-state index < -0.39 is 0 Å². The minimum atomic E-state index is -0.108. The second-order valence-corrected chi connectivity index (χ2v) is 13.9. The molecule has 0 atom stereocenters.